The first-order chi connectivity index (χ1) is 19.8. The van der Waals surface area contributed by atoms with Gasteiger partial charge >= 0.3 is 0 Å². The van der Waals surface area contributed by atoms with Crippen molar-refractivity contribution < 1.29 is 74.7 Å². The second-order valence-electron chi connectivity index (χ2n) is 12.6. The van der Waals surface area contributed by atoms with E-state index >= 15 is 0 Å². The van der Waals surface area contributed by atoms with E-state index < -0.39 is 117 Å². The number of aliphatic hydroxyl groups excluding tert-OH is 10. The van der Waals surface area contributed by atoms with E-state index in [1.807, 2.05) is 0 Å². The van der Waals surface area contributed by atoms with Crippen LogP contribution in [0.5, 0.6) is 0 Å². The van der Waals surface area contributed by atoms with Crippen molar-refractivity contribution in [2.45, 2.75) is 150 Å². The van der Waals surface area contributed by atoms with Crippen molar-refractivity contribution in [3.05, 3.63) is 0 Å². The maximum absolute atomic E-state index is 10.8. The van der Waals surface area contributed by atoms with Gasteiger partial charge in [0.25, 0.3) is 0 Å². The summed E-state index contributed by atoms with van der Waals surface area (Å²) in [4.78, 5) is 0. The predicted molar refractivity (Wildman–Crippen MR) is 137 cm³/mol. The fraction of sp³-hybridized carbons (Fsp3) is 1.00. The molecule has 0 amide bonds. The molecule has 0 spiro atoms. The van der Waals surface area contributed by atoms with Crippen molar-refractivity contribution in [1.29, 1.82) is 0 Å². The van der Waals surface area contributed by atoms with Gasteiger partial charge in [-0.15, -0.1) is 0 Å². The van der Waals surface area contributed by atoms with Gasteiger partial charge in [-0.25, -0.2) is 0 Å². The Morgan fingerprint density at radius 1 is 0.619 bits per heavy atom. The number of fused-ring (bicyclic) bond motifs is 1. The highest BCUT2D eigenvalue weighted by Crippen LogP contribution is 2.43. The zero-order chi connectivity index (χ0) is 30.5. The molecule has 0 bridgehead atoms. The normalized spacial score (nSPS) is 55.6. The third-order valence-electron chi connectivity index (χ3n) is 9.69. The van der Waals surface area contributed by atoms with Crippen LogP contribution in [-0.2, 0) is 23.7 Å². The summed E-state index contributed by atoms with van der Waals surface area (Å²) >= 11 is 0. The molecule has 15 heteroatoms. The minimum Gasteiger partial charge on any atom is -0.393 e. The molecule has 2 saturated carbocycles. The summed E-state index contributed by atoms with van der Waals surface area (Å²) < 4.78 is 29.4. The molecule has 10 N–H and O–H groups in total. The highest BCUT2D eigenvalue weighted by molar-refractivity contribution is 4.99. The first-order valence-electron chi connectivity index (χ1n) is 14.9. The van der Waals surface area contributed by atoms with Gasteiger partial charge in [0.2, 0.25) is 0 Å². The maximum Gasteiger partial charge on any atom is 0.187 e. The van der Waals surface area contributed by atoms with Crippen molar-refractivity contribution in [1.82, 2.24) is 0 Å². The molecule has 244 valence electrons. The second-order valence-corrected chi connectivity index (χ2v) is 12.6. The number of ether oxygens (including phenoxy) is 5. The summed E-state index contributed by atoms with van der Waals surface area (Å²) in [5.74, 6) is -0.646. The number of hydrogen-bond donors (Lipinski definition) is 10. The predicted octanol–water partition coefficient (Wildman–Crippen LogP) is -4.17. The molecule has 42 heavy (non-hydrogen) atoms. The van der Waals surface area contributed by atoms with Crippen molar-refractivity contribution in [2.75, 3.05) is 6.61 Å². The number of hydrogen-bond acceptors (Lipinski definition) is 15. The van der Waals surface area contributed by atoms with E-state index in [4.69, 9.17) is 23.7 Å². The second kappa shape index (κ2) is 13.4. The van der Waals surface area contributed by atoms with Crippen molar-refractivity contribution >= 4 is 0 Å². The Hall–Kier alpha value is -0.600. The summed E-state index contributed by atoms with van der Waals surface area (Å²) in [5.41, 5.74) is 0. The SMILES string of the molecule is C[C@@H]1O[C@H](OC[C@@H]2O[C@@H](OC3CC4C(O)CC(O)CC4OC3C3CCC(O)C(O)C3)[C@@H](O)[C@H](O)[C@@H]2O)[C@H](O)[C@@H](O)[C@@H]1O. The lowest BCUT2D eigenvalue weighted by atomic mass is 9.72. The molecule has 2 aliphatic carbocycles. The number of aliphatic hydroxyl groups is 10. The van der Waals surface area contributed by atoms with Crippen molar-refractivity contribution in [3.63, 3.8) is 0 Å². The molecule has 5 fully saturated rings. The average molecular weight is 611 g/mol. The van der Waals surface area contributed by atoms with Crippen LogP contribution in [0.1, 0.15) is 45.4 Å². The van der Waals surface area contributed by atoms with Gasteiger partial charge in [-0.3, -0.25) is 0 Å². The molecule has 0 aromatic carbocycles. The first kappa shape index (κ1) is 32.8. The number of rotatable bonds is 6. The van der Waals surface area contributed by atoms with Crippen molar-refractivity contribution in [2.24, 2.45) is 11.8 Å². The topological polar surface area (TPSA) is 248 Å². The van der Waals surface area contributed by atoms with E-state index in [1.54, 1.807) is 0 Å². The molecule has 5 aliphatic rings. The summed E-state index contributed by atoms with van der Waals surface area (Å²) in [7, 11) is 0. The van der Waals surface area contributed by atoms with Crippen LogP contribution in [0.4, 0.5) is 0 Å². The van der Waals surface area contributed by atoms with E-state index in [0.29, 0.717) is 19.3 Å². The summed E-state index contributed by atoms with van der Waals surface area (Å²) in [6, 6.07) is 0. The highest BCUT2D eigenvalue weighted by atomic mass is 16.7. The van der Waals surface area contributed by atoms with Crippen molar-refractivity contribution in [3.8, 4) is 0 Å². The summed E-state index contributed by atoms with van der Waals surface area (Å²) in [6.45, 7) is 1.04. The molecule has 0 aromatic rings. The summed E-state index contributed by atoms with van der Waals surface area (Å²) in [6.07, 6.45) is -18.0. The molecule has 3 saturated heterocycles. The molecule has 9 unspecified atom stereocenters. The minimum absolute atomic E-state index is 0.169. The fourth-order valence-electron chi connectivity index (χ4n) is 7.09. The van der Waals surface area contributed by atoms with Crippen LogP contribution < -0.4 is 0 Å². The maximum atomic E-state index is 10.8. The van der Waals surface area contributed by atoms with E-state index in [-0.39, 0.29) is 25.2 Å². The Kier molecular flexibility index (Phi) is 10.5. The van der Waals surface area contributed by atoms with Gasteiger partial charge < -0.3 is 74.7 Å². The Morgan fingerprint density at radius 3 is 2.02 bits per heavy atom. The molecule has 0 aromatic heterocycles. The van der Waals surface area contributed by atoms with Gasteiger partial charge in [0.15, 0.2) is 12.6 Å². The summed E-state index contributed by atoms with van der Waals surface area (Å²) in [5, 5.41) is 104. The largest absolute Gasteiger partial charge is 0.393 e. The van der Waals surface area contributed by atoms with Crippen LogP contribution in [-0.4, -0.2) is 162 Å². The zero-order valence-corrected chi connectivity index (χ0v) is 23.4. The molecule has 15 nitrogen and oxygen atoms in total. The minimum atomic E-state index is -1.71. The van der Waals surface area contributed by atoms with E-state index in [9.17, 15) is 51.1 Å². The van der Waals surface area contributed by atoms with E-state index in [2.05, 4.69) is 0 Å². The van der Waals surface area contributed by atoms with Crippen LogP contribution in [0.2, 0.25) is 0 Å². The van der Waals surface area contributed by atoms with Gasteiger partial charge in [-0.1, -0.05) is 0 Å². The zero-order valence-electron chi connectivity index (χ0n) is 23.4. The van der Waals surface area contributed by atoms with Crippen LogP contribution in [0.3, 0.4) is 0 Å². The average Bonchev–Trinajstić information content (AvgIpc) is 2.95. The van der Waals surface area contributed by atoms with Gasteiger partial charge in [-0.05, 0) is 51.4 Å². The highest BCUT2D eigenvalue weighted by Gasteiger charge is 2.52. The van der Waals surface area contributed by atoms with Crippen LogP contribution >= 0.6 is 0 Å². The molecule has 0 radical (unpaired) electrons. The molecule has 19 atom stereocenters. The van der Waals surface area contributed by atoms with Gasteiger partial charge in [0, 0.05) is 5.92 Å². The van der Waals surface area contributed by atoms with Gasteiger partial charge in [-0.2, -0.15) is 0 Å². The first-order valence-corrected chi connectivity index (χ1v) is 14.9. The molecular formula is C27H46O15. The Balaban J connectivity index is 1.29. The molecule has 5 rings (SSSR count). The third kappa shape index (κ3) is 6.66. The molecule has 3 aliphatic heterocycles. The van der Waals surface area contributed by atoms with Crippen LogP contribution in [0.25, 0.3) is 0 Å². The monoisotopic (exact) mass is 610 g/mol. The molecular weight excluding hydrogens is 564 g/mol. The lowest BCUT2D eigenvalue weighted by molar-refractivity contribution is -0.345. The Bertz CT molecular complexity index is 882. The van der Waals surface area contributed by atoms with Gasteiger partial charge in [0.1, 0.15) is 42.7 Å². The third-order valence-corrected chi connectivity index (χ3v) is 9.69. The Labute approximate surface area is 243 Å². The van der Waals surface area contributed by atoms with Crippen LogP contribution in [0.15, 0.2) is 0 Å². The Morgan fingerprint density at radius 2 is 1.31 bits per heavy atom. The van der Waals surface area contributed by atoms with Crippen LogP contribution in [0, 0.1) is 11.8 Å². The fourth-order valence-corrected chi connectivity index (χ4v) is 7.09. The van der Waals surface area contributed by atoms with Gasteiger partial charge in [0.05, 0.1) is 55.4 Å². The molecule has 3 heterocycles. The smallest absolute Gasteiger partial charge is 0.187 e. The van der Waals surface area contributed by atoms with E-state index in [0.717, 1.165) is 0 Å². The lowest BCUT2D eigenvalue weighted by Crippen LogP contribution is -2.63. The lowest BCUT2D eigenvalue weighted by Gasteiger charge is -2.51. The van der Waals surface area contributed by atoms with E-state index in [1.165, 1.54) is 6.92 Å². The standard InChI is InChI=1S/C27H46O15/c1-9-19(32)21(34)23(36)26(39-9)38-8-18-20(33)22(35)24(37)27(42-18)41-17-7-12-14(30)5-11(28)6-16(12)40-25(17)10-2-3-13(29)15(31)4-10/h9-37H,2-8H2,1H3/t9-,10?,11?,12?,13?,14?,15?,16?,17?,18-,19+,20+,21-,22+,23+,24-,25?,26-,27+/m0/s1. The quantitative estimate of drug-likeness (QED) is 0.137.